The lowest BCUT2D eigenvalue weighted by Crippen LogP contribution is -2.24. The molecule has 0 bridgehead atoms. The Morgan fingerprint density at radius 1 is 1.27 bits per heavy atom. The number of rotatable bonds is 4. The van der Waals surface area contributed by atoms with Crippen LogP contribution in [0.15, 0.2) is 34.7 Å². The Kier molecular flexibility index (Phi) is 3.84. The maximum atomic E-state index is 12.2. The molecule has 0 saturated carbocycles. The van der Waals surface area contributed by atoms with Crippen LogP contribution in [0.2, 0.25) is 0 Å². The summed E-state index contributed by atoms with van der Waals surface area (Å²) in [5, 5.41) is 4.74. The van der Waals surface area contributed by atoms with Gasteiger partial charge in [0.2, 0.25) is 0 Å². The molecule has 0 radical (unpaired) electrons. The van der Waals surface area contributed by atoms with Gasteiger partial charge in [-0.25, -0.2) is 0 Å². The number of para-hydroxylation sites is 1. The molecule has 0 fully saturated rings. The third-order valence-corrected chi connectivity index (χ3v) is 3.79. The minimum absolute atomic E-state index is 0.166. The van der Waals surface area contributed by atoms with Crippen molar-refractivity contribution < 1.29 is 9.21 Å². The van der Waals surface area contributed by atoms with Gasteiger partial charge in [0.25, 0.3) is 5.91 Å². The Balaban J connectivity index is 1.97. The van der Waals surface area contributed by atoms with Crippen molar-refractivity contribution in [2.24, 2.45) is 5.92 Å². The molecule has 4 nitrogen and oxygen atoms in total. The highest BCUT2D eigenvalue weighted by Gasteiger charge is 2.16. The average molecular weight is 296 g/mol. The van der Waals surface area contributed by atoms with Crippen molar-refractivity contribution in [3.63, 3.8) is 0 Å². The number of hydrogen-bond acceptors (Lipinski definition) is 3. The molecule has 1 N–H and O–H groups in total. The lowest BCUT2D eigenvalue weighted by Gasteiger charge is -2.05. The van der Waals surface area contributed by atoms with Gasteiger partial charge < -0.3 is 9.73 Å². The summed E-state index contributed by atoms with van der Waals surface area (Å²) in [6, 6.07) is 9.60. The second-order valence-corrected chi connectivity index (χ2v) is 6.01. The molecule has 0 atom stereocenters. The van der Waals surface area contributed by atoms with E-state index in [9.17, 15) is 4.79 Å². The lowest BCUT2D eigenvalue weighted by atomic mass is 10.1. The number of nitrogens with zero attached hydrogens (tertiary/aromatic N) is 1. The standard InChI is InChI=1S/C18H20N2O2/c1-11(2)8-9-19-18(21)16-10-14-12(3)20-15-7-5-4-6-13(15)17(14)22-16/h4-7,10-11H,8-9H2,1-3H3,(H,19,21). The van der Waals surface area contributed by atoms with Gasteiger partial charge in [0, 0.05) is 23.0 Å². The Morgan fingerprint density at radius 3 is 2.82 bits per heavy atom. The zero-order valence-corrected chi connectivity index (χ0v) is 13.1. The third-order valence-electron chi connectivity index (χ3n) is 3.79. The Morgan fingerprint density at radius 2 is 2.05 bits per heavy atom. The van der Waals surface area contributed by atoms with Crippen LogP contribution in [0.25, 0.3) is 21.9 Å². The maximum absolute atomic E-state index is 12.2. The quantitative estimate of drug-likeness (QED) is 0.789. The highest BCUT2D eigenvalue weighted by molar-refractivity contribution is 6.06. The van der Waals surface area contributed by atoms with Crippen molar-refractivity contribution in [2.45, 2.75) is 27.2 Å². The van der Waals surface area contributed by atoms with E-state index in [4.69, 9.17) is 4.42 Å². The first-order valence-electron chi connectivity index (χ1n) is 7.63. The van der Waals surface area contributed by atoms with Crippen molar-refractivity contribution in [1.82, 2.24) is 10.3 Å². The molecule has 114 valence electrons. The summed E-state index contributed by atoms with van der Waals surface area (Å²) in [5.41, 5.74) is 2.49. The van der Waals surface area contributed by atoms with Crippen molar-refractivity contribution >= 4 is 27.8 Å². The Bertz CT molecular complexity index is 834. The normalized spacial score (nSPS) is 11.5. The largest absolute Gasteiger partial charge is 0.450 e. The Hall–Kier alpha value is -2.36. The van der Waals surface area contributed by atoms with Gasteiger partial charge in [-0.05, 0) is 37.5 Å². The molecule has 3 aromatic rings. The minimum Gasteiger partial charge on any atom is -0.450 e. The molecular formula is C18H20N2O2. The molecule has 4 heteroatoms. The van der Waals surface area contributed by atoms with Crippen molar-refractivity contribution in [3.05, 3.63) is 41.8 Å². The predicted molar refractivity (Wildman–Crippen MR) is 88.0 cm³/mol. The summed E-state index contributed by atoms with van der Waals surface area (Å²) in [5.74, 6) is 0.742. The van der Waals surface area contributed by atoms with Crippen molar-refractivity contribution in [1.29, 1.82) is 0 Å². The first-order chi connectivity index (χ1) is 10.6. The smallest absolute Gasteiger partial charge is 0.287 e. The van der Waals surface area contributed by atoms with Gasteiger partial charge in [0.1, 0.15) is 5.58 Å². The van der Waals surface area contributed by atoms with E-state index < -0.39 is 0 Å². The van der Waals surface area contributed by atoms with Crippen LogP contribution in [-0.2, 0) is 0 Å². The van der Waals surface area contributed by atoms with Crippen LogP contribution in [0.4, 0.5) is 0 Å². The molecule has 0 spiro atoms. The van der Waals surface area contributed by atoms with Crippen LogP contribution in [0.5, 0.6) is 0 Å². The number of aryl methyl sites for hydroxylation is 1. The predicted octanol–water partition coefficient (Wildman–Crippen LogP) is 4.07. The summed E-state index contributed by atoms with van der Waals surface area (Å²) in [4.78, 5) is 16.8. The molecule has 2 heterocycles. The van der Waals surface area contributed by atoms with Crippen LogP contribution in [0.3, 0.4) is 0 Å². The molecule has 0 saturated heterocycles. The second kappa shape index (κ2) is 5.79. The lowest BCUT2D eigenvalue weighted by molar-refractivity contribution is 0.0926. The van der Waals surface area contributed by atoms with E-state index in [1.165, 1.54) is 0 Å². The SMILES string of the molecule is Cc1nc2ccccc2c2oc(C(=O)NCCC(C)C)cc12. The highest BCUT2D eigenvalue weighted by Crippen LogP contribution is 2.29. The summed E-state index contributed by atoms with van der Waals surface area (Å²) < 4.78 is 5.83. The number of furan rings is 1. The van der Waals surface area contributed by atoms with Crippen LogP contribution in [0.1, 0.15) is 36.5 Å². The first kappa shape index (κ1) is 14.6. The van der Waals surface area contributed by atoms with E-state index in [1.54, 1.807) is 6.07 Å². The molecule has 3 rings (SSSR count). The van der Waals surface area contributed by atoms with E-state index in [0.717, 1.165) is 34.0 Å². The minimum atomic E-state index is -0.166. The van der Waals surface area contributed by atoms with Crippen LogP contribution in [-0.4, -0.2) is 17.4 Å². The molecule has 22 heavy (non-hydrogen) atoms. The molecule has 0 aliphatic rings. The highest BCUT2D eigenvalue weighted by atomic mass is 16.3. The molecular weight excluding hydrogens is 276 g/mol. The summed E-state index contributed by atoms with van der Waals surface area (Å²) >= 11 is 0. The number of amides is 1. The van der Waals surface area contributed by atoms with Crippen LogP contribution >= 0.6 is 0 Å². The summed E-state index contributed by atoms with van der Waals surface area (Å²) in [6.07, 6.45) is 0.954. The molecule has 2 aromatic heterocycles. The zero-order valence-electron chi connectivity index (χ0n) is 13.1. The van der Waals surface area contributed by atoms with Crippen LogP contribution in [0, 0.1) is 12.8 Å². The zero-order chi connectivity index (χ0) is 15.7. The number of benzene rings is 1. The van der Waals surface area contributed by atoms with E-state index in [2.05, 4.69) is 24.1 Å². The topological polar surface area (TPSA) is 55.1 Å². The average Bonchev–Trinajstić information content (AvgIpc) is 2.93. The number of hydrogen-bond donors (Lipinski definition) is 1. The number of carbonyl (C=O) groups excluding carboxylic acids is 1. The van der Waals surface area contributed by atoms with Gasteiger partial charge in [-0.15, -0.1) is 0 Å². The Labute approximate surface area is 129 Å². The van der Waals surface area contributed by atoms with Crippen LogP contribution < -0.4 is 5.32 Å². The van der Waals surface area contributed by atoms with E-state index in [1.807, 2.05) is 31.2 Å². The van der Waals surface area contributed by atoms with Gasteiger partial charge in [-0.2, -0.15) is 0 Å². The van der Waals surface area contributed by atoms with Crippen molar-refractivity contribution in [2.75, 3.05) is 6.54 Å². The van der Waals surface area contributed by atoms with E-state index >= 15 is 0 Å². The van der Waals surface area contributed by atoms with E-state index in [0.29, 0.717) is 18.2 Å². The van der Waals surface area contributed by atoms with Gasteiger partial charge >= 0.3 is 0 Å². The monoisotopic (exact) mass is 296 g/mol. The van der Waals surface area contributed by atoms with Gasteiger partial charge in [-0.3, -0.25) is 9.78 Å². The summed E-state index contributed by atoms with van der Waals surface area (Å²) in [7, 11) is 0. The fraction of sp³-hybridized carbons (Fsp3) is 0.333. The maximum Gasteiger partial charge on any atom is 0.287 e. The van der Waals surface area contributed by atoms with Crippen molar-refractivity contribution in [3.8, 4) is 0 Å². The number of pyridine rings is 1. The molecule has 0 aliphatic heterocycles. The number of carbonyl (C=O) groups is 1. The second-order valence-electron chi connectivity index (χ2n) is 6.01. The molecule has 1 amide bonds. The fourth-order valence-electron chi connectivity index (χ4n) is 2.54. The number of aromatic nitrogens is 1. The molecule has 0 aliphatic carbocycles. The molecule has 1 aromatic carbocycles. The summed E-state index contributed by atoms with van der Waals surface area (Å²) in [6.45, 7) is 6.86. The van der Waals surface area contributed by atoms with E-state index in [-0.39, 0.29) is 5.91 Å². The third kappa shape index (κ3) is 2.69. The molecule has 0 unspecified atom stereocenters. The fourth-order valence-corrected chi connectivity index (χ4v) is 2.54. The van der Waals surface area contributed by atoms with Gasteiger partial charge in [0.15, 0.2) is 5.76 Å². The first-order valence-corrected chi connectivity index (χ1v) is 7.63. The van der Waals surface area contributed by atoms with Gasteiger partial charge in [-0.1, -0.05) is 26.0 Å². The number of fused-ring (bicyclic) bond motifs is 3. The van der Waals surface area contributed by atoms with Gasteiger partial charge in [0.05, 0.1) is 5.52 Å². The number of nitrogens with one attached hydrogen (secondary N) is 1.